The number of carbonyl (C=O) groups excluding carboxylic acids is 1. The highest BCUT2D eigenvalue weighted by atomic mass is 35.5. The van der Waals surface area contributed by atoms with Crippen molar-refractivity contribution < 1.29 is 9.53 Å². The average molecular weight is 319 g/mol. The predicted molar refractivity (Wildman–Crippen MR) is 83.9 cm³/mol. The average Bonchev–Trinajstić information content (AvgIpc) is 2.42. The van der Waals surface area contributed by atoms with Gasteiger partial charge in [0.1, 0.15) is 5.60 Å². The third-order valence-corrected chi connectivity index (χ3v) is 3.90. The summed E-state index contributed by atoms with van der Waals surface area (Å²) >= 11 is 6.13. The van der Waals surface area contributed by atoms with Gasteiger partial charge in [0.05, 0.1) is 10.7 Å². The SMILES string of the molecule is COC1(C(=O)Nc2ccc(C)cc2Cl)CCNCC1.Cl. The first kappa shape index (κ1) is 17.2. The van der Waals surface area contributed by atoms with E-state index >= 15 is 0 Å². The number of benzene rings is 1. The smallest absolute Gasteiger partial charge is 0.256 e. The lowest BCUT2D eigenvalue weighted by Crippen LogP contribution is -2.51. The summed E-state index contributed by atoms with van der Waals surface area (Å²) in [5, 5.41) is 6.65. The van der Waals surface area contributed by atoms with E-state index in [2.05, 4.69) is 10.6 Å². The van der Waals surface area contributed by atoms with Crippen LogP contribution in [-0.2, 0) is 9.53 Å². The summed E-state index contributed by atoms with van der Waals surface area (Å²) in [5.74, 6) is -0.123. The fraction of sp³-hybridized carbons (Fsp3) is 0.500. The highest BCUT2D eigenvalue weighted by Gasteiger charge is 2.39. The van der Waals surface area contributed by atoms with E-state index in [1.54, 1.807) is 7.11 Å². The van der Waals surface area contributed by atoms with E-state index in [4.69, 9.17) is 16.3 Å². The molecule has 2 rings (SSSR count). The Hall–Kier alpha value is -0.810. The molecule has 2 N–H and O–H groups in total. The zero-order chi connectivity index (χ0) is 13.9. The van der Waals surface area contributed by atoms with E-state index in [-0.39, 0.29) is 18.3 Å². The Morgan fingerprint density at radius 1 is 1.40 bits per heavy atom. The van der Waals surface area contributed by atoms with Gasteiger partial charge in [-0.05, 0) is 50.6 Å². The van der Waals surface area contributed by atoms with Gasteiger partial charge in [0.15, 0.2) is 0 Å². The second kappa shape index (κ2) is 7.27. The molecule has 112 valence electrons. The normalized spacial score (nSPS) is 17.1. The quantitative estimate of drug-likeness (QED) is 0.901. The summed E-state index contributed by atoms with van der Waals surface area (Å²) in [6, 6.07) is 5.57. The van der Waals surface area contributed by atoms with Gasteiger partial charge in [-0.3, -0.25) is 4.79 Å². The van der Waals surface area contributed by atoms with Crippen molar-refractivity contribution in [3.05, 3.63) is 28.8 Å². The molecule has 4 nitrogen and oxygen atoms in total. The number of hydrogen-bond acceptors (Lipinski definition) is 3. The third kappa shape index (κ3) is 3.64. The molecule has 0 saturated carbocycles. The van der Waals surface area contributed by atoms with E-state index in [0.717, 1.165) is 18.7 Å². The molecule has 0 radical (unpaired) electrons. The van der Waals surface area contributed by atoms with Crippen LogP contribution in [-0.4, -0.2) is 31.7 Å². The molecule has 1 aliphatic rings. The van der Waals surface area contributed by atoms with Gasteiger partial charge in [0.25, 0.3) is 5.91 Å². The van der Waals surface area contributed by atoms with Crippen LogP contribution < -0.4 is 10.6 Å². The van der Waals surface area contributed by atoms with Gasteiger partial charge >= 0.3 is 0 Å². The second-order valence-corrected chi connectivity index (χ2v) is 5.29. The summed E-state index contributed by atoms with van der Waals surface area (Å²) in [6.07, 6.45) is 1.33. The Bertz CT molecular complexity index is 474. The van der Waals surface area contributed by atoms with E-state index < -0.39 is 5.60 Å². The molecule has 1 aromatic rings. The van der Waals surface area contributed by atoms with E-state index in [1.807, 2.05) is 25.1 Å². The molecule has 0 atom stereocenters. The first-order valence-electron chi connectivity index (χ1n) is 6.41. The van der Waals surface area contributed by atoms with E-state index in [1.165, 1.54) is 0 Å². The molecule has 1 heterocycles. The highest BCUT2D eigenvalue weighted by molar-refractivity contribution is 6.33. The van der Waals surface area contributed by atoms with Gasteiger partial charge in [-0.25, -0.2) is 0 Å². The van der Waals surface area contributed by atoms with Crippen LogP contribution in [0.25, 0.3) is 0 Å². The molecule has 1 fully saturated rings. The zero-order valence-corrected chi connectivity index (χ0v) is 13.2. The fourth-order valence-corrected chi connectivity index (χ4v) is 2.59. The first-order chi connectivity index (χ1) is 9.07. The Labute approximate surface area is 130 Å². The summed E-state index contributed by atoms with van der Waals surface area (Å²) in [5.41, 5.74) is 0.943. The molecular weight excluding hydrogens is 299 g/mol. The number of piperidine rings is 1. The van der Waals surface area contributed by atoms with Gasteiger partial charge in [0, 0.05) is 7.11 Å². The minimum absolute atomic E-state index is 0. The number of aryl methyl sites for hydroxylation is 1. The summed E-state index contributed by atoms with van der Waals surface area (Å²) in [4.78, 5) is 12.4. The first-order valence-corrected chi connectivity index (χ1v) is 6.79. The van der Waals surface area contributed by atoms with Crippen LogP contribution in [0.5, 0.6) is 0 Å². The van der Waals surface area contributed by atoms with Crippen molar-refractivity contribution in [2.45, 2.75) is 25.4 Å². The number of ether oxygens (including phenoxy) is 1. The zero-order valence-electron chi connectivity index (χ0n) is 11.7. The van der Waals surface area contributed by atoms with Crippen LogP contribution in [0.15, 0.2) is 18.2 Å². The molecule has 0 unspecified atom stereocenters. The highest BCUT2D eigenvalue weighted by Crippen LogP contribution is 2.27. The lowest BCUT2D eigenvalue weighted by molar-refractivity contribution is -0.140. The van der Waals surface area contributed by atoms with Crippen LogP contribution in [0.2, 0.25) is 5.02 Å². The maximum Gasteiger partial charge on any atom is 0.256 e. The molecule has 1 aliphatic heterocycles. The van der Waals surface area contributed by atoms with E-state index in [9.17, 15) is 4.79 Å². The van der Waals surface area contributed by atoms with Gasteiger partial charge in [-0.1, -0.05) is 17.7 Å². The summed E-state index contributed by atoms with van der Waals surface area (Å²) < 4.78 is 5.48. The molecule has 20 heavy (non-hydrogen) atoms. The minimum Gasteiger partial charge on any atom is -0.368 e. The Morgan fingerprint density at radius 2 is 2.05 bits per heavy atom. The van der Waals surface area contributed by atoms with Crippen molar-refractivity contribution >= 4 is 35.6 Å². The van der Waals surface area contributed by atoms with E-state index in [0.29, 0.717) is 23.6 Å². The fourth-order valence-electron chi connectivity index (χ4n) is 2.31. The summed E-state index contributed by atoms with van der Waals surface area (Å²) in [6.45, 7) is 3.52. The molecular formula is C14H20Cl2N2O2. The summed E-state index contributed by atoms with van der Waals surface area (Å²) in [7, 11) is 1.58. The van der Waals surface area contributed by atoms with Gasteiger partial charge in [-0.15, -0.1) is 12.4 Å². The van der Waals surface area contributed by atoms with Crippen molar-refractivity contribution in [2.24, 2.45) is 0 Å². The third-order valence-electron chi connectivity index (χ3n) is 3.59. The number of halogens is 2. The van der Waals surface area contributed by atoms with Crippen molar-refractivity contribution in [3.63, 3.8) is 0 Å². The van der Waals surface area contributed by atoms with Gasteiger partial charge < -0.3 is 15.4 Å². The number of carbonyl (C=O) groups is 1. The van der Waals surface area contributed by atoms with Gasteiger partial charge in [-0.2, -0.15) is 0 Å². The van der Waals surface area contributed by atoms with Gasteiger partial charge in [0.2, 0.25) is 0 Å². The Balaban J connectivity index is 0.00000200. The largest absolute Gasteiger partial charge is 0.368 e. The molecule has 1 aromatic carbocycles. The molecule has 0 bridgehead atoms. The molecule has 0 aromatic heterocycles. The second-order valence-electron chi connectivity index (χ2n) is 4.89. The molecule has 6 heteroatoms. The number of nitrogens with one attached hydrogen (secondary N) is 2. The number of hydrogen-bond donors (Lipinski definition) is 2. The maximum atomic E-state index is 12.4. The number of amides is 1. The molecule has 0 aliphatic carbocycles. The lowest BCUT2D eigenvalue weighted by Gasteiger charge is -2.34. The molecule has 0 spiro atoms. The predicted octanol–water partition coefficient (Wildman–Crippen LogP) is 2.78. The number of rotatable bonds is 3. The van der Waals surface area contributed by atoms with Crippen molar-refractivity contribution in [1.82, 2.24) is 5.32 Å². The molecule has 1 amide bonds. The van der Waals surface area contributed by atoms with Crippen LogP contribution in [0.1, 0.15) is 18.4 Å². The van der Waals surface area contributed by atoms with Crippen LogP contribution in [0.4, 0.5) is 5.69 Å². The number of methoxy groups -OCH3 is 1. The van der Waals surface area contributed by atoms with Crippen LogP contribution in [0, 0.1) is 6.92 Å². The van der Waals surface area contributed by atoms with Crippen molar-refractivity contribution in [2.75, 3.05) is 25.5 Å². The molecule has 1 saturated heterocycles. The lowest BCUT2D eigenvalue weighted by atomic mass is 9.91. The number of anilines is 1. The van der Waals surface area contributed by atoms with Crippen LogP contribution >= 0.6 is 24.0 Å². The minimum atomic E-state index is -0.751. The standard InChI is InChI=1S/C14H19ClN2O2.ClH/c1-10-3-4-12(11(15)9-10)17-13(18)14(19-2)5-7-16-8-6-14;/h3-4,9,16H,5-8H2,1-2H3,(H,17,18);1H. The van der Waals surface area contributed by atoms with Crippen molar-refractivity contribution in [1.29, 1.82) is 0 Å². The Morgan fingerprint density at radius 3 is 2.60 bits per heavy atom. The van der Waals surface area contributed by atoms with Crippen LogP contribution in [0.3, 0.4) is 0 Å². The monoisotopic (exact) mass is 318 g/mol. The Kier molecular flexibility index (Phi) is 6.27. The van der Waals surface area contributed by atoms with Crippen molar-refractivity contribution in [3.8, 4) is 0 Å². The maximum absolute atomic E-state index is 12.4. The topological polar surface area (TPSA) is 50.4 Å².